The number of allylic oxidation sites excluding steroid dienone is 2. The Morgan fingerprint density at radius 2 is 1.94 bits per heavy atom. The van der Waals surface area contributed by atoms with Gasteiger partial charge in [0.15, 0.2) is 16.9 Å². The van der Waals surface area contributed by atoms with Crippen LogP contribution in [0.25, 0.3) is 11.2 Å². The molecule has 4 rings (SSSR count). The molecule has 1 unspecified atom stereocenters. The Bertz CT molecular complexity index is 1310. The molecule has 0 aliphatic carbocycles. The molecule has 0 radical (unpaired) electrons. The van der Waals surface area contributed by atoms with E-state index in [1.807, 2.05) is 19.9 Å². The van der Waals surface area contributed by atoms with Gasteiger partial charge in [-0.3, -0.25) is 23.3 Å². The highest BCUT2D eigenvalue weighted by molar-refractivity contribution is 5.95. The Balaban J connectivity index is 0.00000324. The van der Waals surface area contributed by atoms with Crippen molar-refractivity contribution in [2.75, 3.05) is 19.7 Å². The number of benzene rings is 1. The smallest absolute Gasteiger partial charge is 0.332 e. The first kappa shape index (κ1) is 25.5. The summed E-state index contributed by atoms with van der Waals surface area (Å²) < 4.78 is 10.00. The van der Waals surface area contributed by atoms with Gasteiger partial charge in [-0.2, -0.15) is 4.98 Å². The van der Waals surface area contributed by atoms with Crippen LogP contribution in [-0.2, 0) is 20.1 Å². The third kappa shape index (κ3) is 5.15. The molecular weight excluding hydrogens is 458 g/mol. The quantitative estimate of drug-likeness (QED) is 0.386. The van der Waals surface area contributed by atoms with Gasteiger partial charge in [0.1, 0.15) is 0 Å². The Morgan fingerprint density at radius 1 is 1.21 bits per heavy atom. The molecule has 3 heterocycles. The molecule has 0 amide bonds. The van der Waals surface area contributed by atoms with E-state index >= 15 is 0 Å². The molecule has 1 saturated heterocycles. The minimum Gasteiger partial charge on any atom is -0.464 e. The van der Waals surface area contributed by atoms with Crippen LogP contribution in [0.15, 0.2) is 51.6 Å². The van der Waals surface area contributed by atoms with Crippen LogP contribution >= 0.6 is 12.4 Å². The van der Waals surface area contributed by atoms with Crippen LogP contribution in [0.4, 0.5) is 0 Å². The standard InChI is InChI=1S/C24H29N5O4.ClH/c1-16(2)10-12-28-20-21(26-23(28)33-15-17-9-11-25-13-17)27(3)24(32)29(22(20)31)14-19(30)18-7-5-4-6-8-18;/h4-8,10,17,25H,9,11-15H2,1-3H3;1H. The minimum absolute atomic E-state index is 0. The summed E-state index contributed by atoms with van der Waals surface area (Å²) in [5.74, 6) is 0.0559. The number of imidazole rings is 1. The van der Waals surface area contributed by atoms with Crippen molar-refractivity contribution in [1.82, 2.24) is 24.0 Å². The molecule has 1 atom stereocenters. The number of carbonyl (C=O) groups excluding carboxylic acids is 1. The fraction of sp³-hybridized carbons (Fsp3) is 0.417. The lowest BCUT2D eigenvalue weighted by molar-refractivity contribution is 0.0969. The topological polar surface area (TPSA) is 100 Å². The first-order valence-corrected chi connectivity index (χ1v) is 11.1. The van der Waals surface area contributed by atoms with Gasteiger partial charge in [-0.05, 0) is 26.8 Å². The van der Waals surface area contributed by atoms with E-state index in [9.17, 15) is 14.4 Å². The van der Waals surface area contributed by atoms with Crippen molar-refractivity contribution < 1.29 is 9.53 Å². The zero-order valence-electron chi connectivity index (χ0n) is 19.6. The van der Waals surface area contributed by atoms with Crippen molar-refractivity contribution in [3.63, 3.8) is 0 Å². The minimum atomic E-state index is -0.588. The van der Waals surface area contributed by atoms with Gasteiger partial charge in [-0.25, -0.2) is 4.79 Å². The summed E-state index contributed by atoms with van der Waals surface area (Å²) in [6, 6.07) is 8.93. The maximum absolute atomic E-state index is 13.5. The number of halogens is 1. The SMILES string of the molecule is CC(C)=CCn1c(OCC2CCNC2)nc2c1c(=O)n(CC(=O)c1ccccc1)c(=O)n2C.Cl. The third-order valence-electron chi connectivity index (χ3n) is 5.89. The molecule has 1 aliphatic rings. The van der Waals surface area contributed by atoms with Gasteiger partial charge in [0.05, 0.1) is 13.2 Å². The number of ketones is 1. The summed E-state index contributed by atoms with van der Waals surface area (Å²) >= 11 is 0. The second-order valence-corrected chi connectivity index (χ2v) is 8.65. The molecule has 1 fully saturated rings. The molecule has 0 spiro atoms. The molecular formula is C24H30ClN5O4. The zero-order chi connectivity index (χ0) is 23.5. The van der Waals surface area contributed by atoms with Gasteiger partial charge >= 0.3 is 5.69 Å². The van der Waals surface area contributed by atoms with Crippen molar-refractivity contribution >= 4 is 29.4 Å². The van der Waals surface area contributed by atoms with Gasteiger partial charge in [0.2, 0.25) is 0 Å². The average Bonchev–Trinajstić information content (AvgIpc) is 3.46. The van der Waals surface area contributed by atoms with Gasteiger partial charge in [0, 0.05) is 31.6 Å². The van der Waals surface area contributed by atoms with Crippen LogP contribution < -0.4 is 21.3 Å². The molecule has 10 heteroatoms. The molecule has 0 saturated carbocycles. The zero-order valence-corrected chi connectivity index (χ0v) is 20.4. The van der Waals surface area contributed by atoms with E-state index in [-0.39, 0.29) is 35.9 Å². The van der Waals surface area contributed by atoms with Gasteiger partial charge in [-0.1, -0.05) is 42.0 Å². The van der Waals surface area contributed by atoms with Crippen LogP contribution in [0.3, 0.4) is 0 Å². The van der Waals surface area contributed by atoms with Crippen LogP contribution in [-0.4, -0.2) is 44.2 Å². The predicted octanol–water partition coefficient (Wildman–Crippen LogP) is 2.16. The molecule has 1 N–H and O–H groups in total. The molecule has 182 valence electrons. The van der Waals surface area contributed by atoms with Crippen molar-refractivity contribution in [2.45, 2.75) is 33.4 Å². The molecule has 1 aromatic carbocycles. The van der Waals surface area contributed by atoms with E-state index < -0.39 is 11.2 Å². The largest absolute Gasteiger partial charge is 0.464 e. The van der Waals surface area contributed by atoms with Gasteiger partial charge in [-0.15, -0.1) is 12.4 Å². The van der Waals surface area contributed by atoms with Crippen LogP contribution in [0.2, 0.25) is 0 Å². The monoisotopic (exact) mass is 487 g/mol. The molecule has 2 aromatic heterocycles. The molecule has 1 aliphatic heterocycles. The summed E-state index contributed by atoms with van der Waals surface area (Å²) in [4.78, 5) is 43.7. The number of nitrogens with zero attached hydrogens (tertiary/aromatic N) is 4. The predicted molar refractivity (Wildman–Crippen MR) is 133 cm³/mol. The Kier molecular flexibility index (Phi) is 8.11. The number of hydrogen-bond donors (Lipinski definition) is 1. The fourth-order valence-corrected chi connectivity index (χ4v) is 3.95. The summed E-state index contributed by atoms with van der Waals surface area (Å²) in [7, 11) is 1.55. The lowest BCUT2D eigenvalue weighted by Crippen LogP contribution is -2.41. The van der Waals surface area contributed by atoms with Crippen molar-refractivity contribution in [3.8, 4) is 6.01 Å². The molecule has 3 aromatic rings. The van der Waals surface area contributed by atoms with Gasteiger partial charge < -0.3 is 10.1 Å². The second kappa shape index (κ2) is 10.8. The highest BCUT2D eigenvalue weighted by Crippen LogP contribution is 2.20. The summed E-state index contributed by atoms with van der Waals surface area (Å²) in [6.45, 7) is 6.27. The average molecular weight is 488 g/mol. The highest BCUT2D eigenvalue weighted by Gasteiger charge is 2.23. The first-order chi connectivity index (χ1) is 15.9. The number of nitrogens with one attached hydrogen (secondary N) is 1. The number of ether oxygens (including phenoxy) is 1. The number of Topliss-reactive ketones (excluding diaryl/α,β-unsaturated/α-hetero) is 1. The van der Waals surface area contributed by atoms with Crippen molar-refractivity contribution in [3.05, 3.63) is 68.4 Å². The third-order valence-corrected chi connectivity index (χ3v) is 5.89. The van der Waals surface area contributed by atoms with E-state index in [4.69, 9.17) is 4.74 Å². The highest BCUT2D eigenvalue weighted by atomic mass is 35.5. The van der Waals surface area contributed by atoms with E-state index in [1.54, 1.807) is 41.9 Å². The maximum Gasteiger partial charge on any atom is 0.332 e. The van der Waals surface area contributed by atoms with Crippen molar-refractivity contribution in [2.24, 2.45) is 13.0 Å². The number of rotatable bonds is 8. The number of aromatic nitrogens is 4. The van der Waals surface area contributed by atoms with Crippen molar-refractivity contribution in [1.29, 1.82) is 0 Å². The van der Waals surface area contributed by atoms with E-state index in [0.29, 0.717) is 30.6 Å². The lowest BCUT2D eigenvalue weighted by atomic mass is 10.1. The van der Waals surface area contributed by atoms with Gasteiger partial charge in [0.25, 0.3) is 11.6 Å². The Labute approximate surface area is 203 Å². The van der Waals surface area contributed by atoms with Crippen LogP contribution in [0.1, 0.15) is 30.6 Å². The second-order valence-electron chi connectivity index (χ2n) is 8.65. The van der Waals surface area contributed by atoms with Crippen LogP contribution in [0, 0.1) is 5.92 Å². The number of aryl methyl sites for hydroxylation is 1. The Hall–Kier alpha value is -3.17. The lowest BCUT2D eigenvalue weighted by Gasteiger charge is -2.12. The molecule has 0 bridgehead atoms. The molecule has 34 heavy (non-hydrogen) atoms. The summed E-state index contributed by atoms with van der Waals surface area (Å²) in [5.41, 5.74) is 0.871. The number of carbonyl (C=O) groups is 1. The van der Waals surface area contributed by atoms with Crippen LogP contribution in [0.5, 0.6) is 6.01 Å². The maximum atomic E-state index is 13.5. The van der Waals surface area contributed by atoms with E-state index in [2.05, 4.69) is 10.3 Å². The van der Waals surface area contributed by atoms with E-state index in [0.717, 1.165) is 29.7 Å². The summed E-state index contributed by atoms with van der Waals surface area (Å²) in [6.07, 6.45) is 2.98. The van der Waals surface area contributed by atoms with E-state index in [1.165, 1.54) is 4.57 Å². The number of fused-ring (bicyclic) bond motifs is 1. The Morgan fingerprint density at radius 3 is 2.59 bits per heavy atom. The summed E-state index contributed by atoms with van der Waals surface area (Å²) in [5, 5.41) is 3.31. The molecule has 9 nitrogen and oxygen atoms in total. The first-order valence-electron chi connectivity index (χ1n) is 11.1. The normalized spacial score (nSPS) is 15.2. The fourth-order valence-electron chi connectivity index (χ4n) is 3.95. The number of hydrogen-bond acceptors (Lipinski definition) is 6.